The van der Waals surface area contributed by atoms with Gasteiger partial charge in [-0.15, -0.1) is 0 Å². The summed E-state index contributed by atoms with van der Waals surface area (Å²) in [5.41, 5.74) is 2.78. The molecule has 0 unspecified atom stereocenters. The zero-order valence-electron chi connectivity index (χ0n) is 17.8. The van der Waals surface area contributed by atoms with Crippen LogP contribution in [0.2, 0.25) is 0 Å². The molecule has 0 spiro atoms. The number of carbonyl (C=O) groups excluding carboxylic acids is 1. The first-order chi connectivity index (χ1) is 15.0. The standard InChI is InChI=1S/C23H25N3O5/c1-15-6-4-7-16(2)21(15)30-14-20(27)26-10-11-29-19(13-26)23-24-22(25-31-23)17-8-5-9-18(12-17)28-3/h4-9,12,19H,10-11,13-14H2,1-3H3/t19-/m0/s1. The van der Waals surface area contributed by atoms with E-state index < -0.39 is 6.10 Å². The molecule has 2 heterocycles. The van der Waals surface area contributed by atoms with Crippen molar-refractivity contribution < 1.29 is 23.5 Å². The maximum Gasteiger partial charge on any atom is 0.260 e. The molecule has 0 radical (unpaired) electrons. The van der Waals surface area contributed by atoms with Gasteiger partial charge in [-0.25, -0.2) is 0 Å². The number of carbonyl (C=O) groups is 1. The lowest BCUT2D eigenvalue weighted by Gasteiger charge is -2.31. The minimum atomic E-state index is -0.482. The first-order valence-corrected chi connectivity index (χ1v) is 10.1. The number of aromatic nitrogens is 2. The van der Waals surface area contributed by atoms with Crippen LogP contribution in [0.25, 0.3) is 11.4 Å². The molecular formula is C23H25N3O5. The largest absolute Gasteiger partial charge is 0.497 e. The monoisotopic (exact) mass is 423 g/mol. The van der Waals surface area contributed by atoms with E-state index in [4.69, 9.17) is 18.7 Å². The van der Waals surface area contributed by atoms with E-state index in [1.807, 2.05) is 56.3 Å². The average Bonchev–Trinajstić information content (AvgIpc) is 3.29. The molecule has 3 aromatic rings. The van der Waals surface area contributed by atoms with E-state index in [9.17, 15) is 4.79 Å². The van der Waals surface area contributed by atoms with Gasteiger partial charge in [0.25, 0.3) is 11.8 Å². The fourth-order valence-electron chi connectivity index (χ4n) is 3.52. The number of aryl methyl sites for hydroxylation is 2. The predicted molar refractivity (Wildman–Crippen MR) is 113 cm³/mol. The molecule has 1 fully saturated rings. The fourth-order valence-corrected chi connectivity index (χ4v) is 3.52. The Morgan fingerprint density at radius 3 is 2.74 bits per heavy atom. The molecule has 2 aromatic carbocycles. The highest BCUT2D eigenvalue weighted by molar-refractivity contribution is 5.78. The van der Waals surface area contributed by atoms with Crippen LogP contribution in [-0.4, -0.2) is 54.4 Å². The van der Waals surface area contributed by atoms with Crippen molar-refractivity contribution in [2.45, 2.75) is 20.0 Å². The van der Waals surface area contributed by atoms with Gasteiger partial charge in [0, 0.05) is 12.1 Å². The van der Waals surface area contributed by atoms with E-state index in [0.29, 0.717) is 37.2 Å². The molecule has 0 aliphatic carbocycles. The second-order valence-electron chi connectivity index (χ2n) is 7.40. The Bertz CT molecular complexity index is 1040. The Hall–Kier alpha value is -3.39. The number of morpholine rings is 1. The molecular weight excluding hydrogens is 398 g/mol. The maximum atomic E-state index is 12.7. The molecule has 8 heteroatoms. The Labute approximate surface area is 180 Å². The summed E-state index contributed by atoms with van der Waals surface area (Å²) in [7, 11) is 1.60. The number of nitrogens with zero attached hydrogens (tertiary/aromatic N) is 3. The number of benzene rings is 2. The maximum absolute atomic E-state index is 12.7. The molecule has 8 nitrogen and oxygen atoms in total. The number of para-hydroxylation sites is 1. The lowest BCUT2D eigenvalue weighted by atomic mass is 10.1. The smallest absolute Gasteiger partial charge is 0.260 e. The van der Waals surface area contributed by atoms with E-state index >= 15 is 0 Å². The zero-order valence-corrected chi connectivity index (χ0v) is 17.8. The van der Waals surface area contributed by atoms with Crippen LogP contribution in [0, 0.1) is 13.8 Å². The highest BCUT2D eigenvalue weighted by atomic mass is 16.5. The minimum Gasteiger partial charge on any atom is -0.497 e. The topological polar surface area (TPSA) is 86.9 Å². The molecule has 31 heavy (non-hydrogen) atoms. The van der Waals surface area contributed by atoms with E-state index in [1.54, 1.807) is 12.0 Å². The molecule has 0 N–H and O–H groups in total. The summed E-state index contributed by atoms with van der Waals surface area (Å²) in [4.78, 5) is 18.9. The van der Waals surface area contributed by atoms with Crippen molar-refractivity contribution in [3.63, 3.8) is 0 Å². The summed E-state index contributed by atoms with van der Waals surface area (Å²) in [6.45, 7) is 5.10. The van der Waals surface area contributed by atoms with Gasteiger partial charge < -0.3 is 23.6 Å². The zero-order chi connectivity index (χ0) is 21.8. The van der Waals surface area contributed by atoms with E-state index in [0.717, 1.165) is 22.4 Å². The summed E-state index contributed by atoms with van der Waals surface area (Å²) >= 11 is 0. The summed E-state index contributed by atoms with van der Waals surface area (Å²) in [6, 6.07) is 13.3. The first kappa shape index (κ1) is 20.9. The third kappa shape index (κ3) is 4.69. The molecule has 4 rings (SSSR count). The lowest BCUT2D eigenvalue weighted by molar-refractivity contribution is -0.142. The highest BCUT2D eigenvalue weighted by Gasteiger charge is 2.30. The van der Waals surface area contributed by atoms with E-state index in [2.05, 4.69) is 10.1 Å². The molecule has 0 bridgehead atoms. The normalized spacial score (nSPS) is 16.2. The van der Waals surface area contributed by atoms with Crippen LogP contribution in [0.4, 0.5) is 0 Å². The molecule has 1 aromatic heterocycles. The number of rotatable bonds is 6. The van der Waals surface area contributed by atoms with Crippen LogP contribution in [0.15, 0.2) is 47.0 Å². The first-order valence-electron chi connectivity index (χ1n) is 10.1. The number of ether oxygens (including phenoxy) is 3. The van der Waals surface area contributed by atoms with Gasteiger partial charge in [-0.2, -0.15) is 4.98 Å². The van der Waals surface area contributed by atoms with Gasteiger partial charge in [0.1, 0.15) is 11.5 Å². The van der Waals surface area contributed by atoms with Crippen LogP contribution in [0.5, 0.6) is 11.5 Å². The van der Waals surface area contributed by atoms with Gasteiger partial charge in [-0.3, -0.25) is 4.79 Å². The van der Waals surface area contributed by atoms with E-state index in [1.165, 1.54) is 0 Å². The van der Waals surface area contributed by atoms with Crippen molar-refractivity contribution in [2.75, 3.05) is 33.4 Å². The van der Waals surface area contributed by atoms with E-state index in [-0.39, 0.29) is 12.5 Å². The van der Waals surface area contributed by atoms with Crippen LogP contribution in [0.1, 0.15) is 23.1 Å². The quantitative estimate of drug-likeness (QED) is 0.601. The molecule has 1 aliphatic heterocycles. The number of hydrogen-bond donors (Lipinski definition) is 0. The lowest BCUT2D eigenvalue weighted by Crippen LogP contribution is -2.44. The summed E-state index contributed by atoms with van der Waals surface area (Å²) < 4.78 is 22.3. The van der Waals surface area contributed by atoms with Crippen LogP contribution in [-0.2, 0) is 9.53 Å². The Morgan fingerprint density at radius 1 is 1.19 bits per heavy atom. The SMILES string of the molecule is COc1cccc(-c2noc([C@@H]3CN(C(=O)COc4c(C)cccc4C)CCO3)n2)c1. The van der Waals surface area contributed by atoms with Gasteiger partial charge in [0.2, 0.25) is 5.82 Å². The fraction of sp³-hybridized carbons (Fsp3) is 0.348. The van der Waals surface area contributed by atoms with Gasteiger partial charge in [0.05, 0.1) is 20.3 Å². The molecule has 1 amide bonds. The Balaban J connectivity index is 1.40. The van der Waals surface area contributed by atoms with Crippen molar-refractivity contribution in [3.8, 4) is 22.9 Å². The van der Waals surface area contributed by atoms with Crippen molar-refractivity contribution in [2.24, 2.45) is 0 Å². The Morgan fingerprint density at radius 2 is 1.97 bits per heavy atom. The molecule has 1 aliphatic rings. The third-order valence-corrected chi connectivity index (χ3v) is 5.21. The Kier molecular flexibility index (Phi) is 6.18. The van der Waals surface area contributed by atoms with Gasteiger partial charge in [-0.1, -0.05) is 35.5 Å². The summed E-state index contributed by atoms with van der Waals surface area (Å²) in [5, 5.41) is 4.05. The van der Waals surface area contributed by atoms with Crippen molar-refractivity contribution in [1.29, 1.82) is 0 Å². The summed E-state index contributed by atoms with van der Waals surface area (Å²) in [5.74, 6) is 2.13. The minimum absolute atomic E-state index is 0.0304. The van der Waals surface area contributed by atoms with Gasteiger partial charge >= 0.3 is 0 Å². The van der Waals surface area contributed by atoms with Crippen molar-refractivity contribution >= 4 is 5.91 Å². The van der Waals surface area contributed by atoms with Gasteiger partial charge in [-0.05, 0) is 37.1 Å². The molecule has 1 atom stereocenters. The number of hydrogen-bond acceptors (Lipinski definition) is 7. The van der Waals surface area contributed by atoms with Crippen molar-refractivity contribution in [1.82, 2.24) is 15.0 Å². The van der Waals surface area contributed by atoms with Crippen molar-refractivity contribution in [3.05, 3.63) is 59.5 Å². The number of amides is 1. The van der Waals surface area contributed by atoms with Gasteiger partial charge in [0.15, 0.2) is 12.7 Å². The molecule has 1 saturated heterocycles. The third-order valence-electron chi connectivity index (χ3n) is 5.21. The molecule has 162 valence electrons. The van der Waals surface area contributed by atoms with Crippen LogP contribution < -0.4 is 9.47 Å². The molecule has 0 saturated carbocycles. The predicted octanol–water partition coefficient (Wildman–Crippen LogP) is 3.34. The highest BCUT2D eigenvalue weighted by Crippen LogP contribution is 2.26. The second kappa shape index (κ2) is 9.18. The second-order valence-corrected chi connectivity index (χ2v) is 7.40. The summed E-state index contributed by atoms with van der Waals surface area (Å²) in [6.07, 6.45) is -0.482. The van der Waals surface area contributed by atoms with Crippen LogP contribution in [0.3, 0.4) is 0 Å². The number of methoxy groups -OCH3 is 1. The van der Waals surface area contributed by atoms with Crippen LogP contribution >= 0.6 is 0 Å². The average molecular weight is 423 g/mol.